The lowest BCUT2D eigenvalue weighted by atomic mass is 10.3. The van der Waals surface area contributed by atoms with Gasteiger partial charge in [0.2, 0.25) is 0 Å². The van der Waals surface area contributed by atoms with Crippen molar-refractivity contribution in [2.24, 2.45) is 0 Å². The van der Waals surface area contributed by atoms with Crippen LogP contribution in [0, 0.1) is 0 Å². The van der Waals surface area contributed by atoms with Crippen LogP contribution in [0.2, 0.25) is 4.34 Å². The molecule has 4 nitrogen and oxygen atoms in total. The van der Waals surface area contributed by atoms with Crippen LogP contribution in [0.1, 0.15) is 35.1 Å². The Labute approximate surface area is 115 Å². The molecule has 2 rings (SSSR count). The molecule has 0 aromatic carbocycles. The third-order valence-electron chi connectivity index (χ3n) is 2.44. The number of rotatable bonds is 4. The summed E-state index contributed by atoms with van der Waals surface area (Å²) < 4.78 is 2.49. The fraction of sp³-hybridized carbons (Fsp3) is 0.333. The number of thiophene rings is 1. The smallest absolute Gasteiger partial charge is 0.254 e. The zero-order valence-electron chi connectivity index (χ0n) is 10.2. The molecule has 0 aliphatic rings. The highest BCUT2D eigenvalue weighted by Gasteiger charge is 2.10. The standard InChI is InChI=1S/C12H14ClN3OS/c1-8(2)16-7-9(5-15-16)12(17)14-6-10-3-4-11(13)18-10/h3-5,7-8H,6H2,1-2H3,(H,14,17). The Morgan fingerprint density at radius 1 is 1.56 bits per heavy atom. The van der Waals surface area contributed by atoms with Crippen LogP contribution in [0.3, 0.4) is 0 Å². The first-order chi connectivity index (χ1) is 8.56. The van der Waals surface area contributed by atoms with Gasteiger partial charge < -0.3 is 5.32 Å². The van der Waals surface area contributed by atoms with Gasteiger partial charge in [0.05, 0.1) is 22.6 Å². The molecule has 2 aromatic rings. The van der Waals surface area contributed by atoms with Gasteiger partial charge in [-0.15, -0.1) is 11.3 Å². The molecule has 96 valence electrons. The summed E-state index contributed by atoms with van der Waals surface area (Å²) in [5, 5.41) is 6.97. The van der Waals surface area contributed by atoms with Crippen LogP contribution in [-0.4, -0.2) is 15.7 Å². The normalized spacial score (nSPS) is 10.9. The van der Waals surface area contributed by atoms with Crippen molar-refractivity contribution in [1.29, 1.82) is 0 Å². The highest BCUT2D eigenvalue weighted by Crippen LogP contribution is 2.21. The molecule has 0 radical (unpaired) electrons. The van der Waals surface area contributed by atoms with Crippen molar-refractivity contribution in [3.63, 3.8) is 0 Å². The first-order valence-electron chi connectivity index (χ1n) is 5.63. The highest BCUT2D eigenvalue weighted by molar-refractivity contribution is 7.16. The van der Waals surface area contributed by atoms with Crippen molar-refractivity contribution >= 4 is 28.8 Å². The summed E-state index contributed by atoms with van der Waals surface area (Å²) in [5.74, 6) is -0.119. The van der Waals surface area contributed by atoms with Crippen LogP contribution in [0.25, 0.3) is 0 Å². The maximum absolute atomic E-state index is 11.9. The topological polar surface area (TPSA) is 46.9 Å². The predicted molar refractivity (Wildman–Crippen MR) is 73.1 cm³/mol. The Morgan fingerprint density at radius 2 is 2.33 bits per heavy atom. The van der Waals surface area contributed by atoms with Crippen molar-refractivity contribution < 1.29 is 4.79 Å². The van der Waals surface area contributed by atoms with Gasteiger partial charge in [0.25, 0.3) is 5.91 Å². The van der Waals surface area contributed by atoms with E-state index < -0.39 is 0 Å². The summed E-state index contributed by atoms with van der Waals surface area (Å²) in [5.41, 5.74) is 0.575. The lowest BCUT2D eigenvalue weighted by Crippen LogP contribution is -2.21. The third kappa shape index (κ3) is 3.11. The predicted octanol–water partition coefficient (Wildman–Crippen LogP) is 3.11. The van der Waals surface area contributed by atoms with Gasteiger partial charge in [0.1, 0.15) is 0 Å². The second-order valence-corrected chi connectivity index (χ2v) is 5.99. The fourth-order valence-corrected chi connectivity index (χ4v) is 2.48. The number of nitrogens with zero attached hydrogens (tertiary/aromatic N) is 2. The summed E-state index contributed by atoms with van der Waals surface area (Å²) in [6.45, 7) is 4.52. The Bertz CT molecular complexity index is 547. The molecule has 0 bridgehead atoms. The van der Waals surface area contributed by atoms with Crippen molar-refractivity contribution in [3.05, 3.63) is 39.3 Å². The number of carbonyl (C=O) groups is 1. The van der Waals surface area contributed by atoms with E-state index in [4.69, 9.17) is 11.6 Å². The van der Waals surface area contributed by atoms with Crippen LogP contribution in [0.15, 0.2) is 24.5 Å². The number of amides is 1. The Morgan fingerprint density at radius 3 is 2.89 bits per heavy atom. The molecular formula is C12H14ClN3OS. The summed E-state index contributed by atoms with van der Waals surface area (Å²) in [4.78, 5) is 12.9. The SMILES string of the molecule is CC(C)n1cc(C(=O)NCc2ccc(Cl)s2)cn1. The first-order valence-corrected chi connectivity index (χ1v) is 6.82. The number of halogens is 1. The minimum Gasteiger partial charge on any atom is -0.347 e. The van der Waals surface area contributed by atoms with Crippen LogP contribution in [0.5, 0.6) is 0 Å². The molecule has 0 saturated heterocycles. The lowest BCUT2D eigenvalue weighted by Gasteiger charge is -2.03. The zero-order chi connectivity index (χ0) is 13.1. The number of carbonyl (C=O) groups excluding carboxylic acids is 1. The van der Waals surface area contributed by atoms with Gasteiger partial charge in [-0.25, -0.2) is 0 Å². The van der Waals surface area contributed by atoms with E-state index in [2.05, 4.69) is 10.4 Å². The molecule has 1 N–H and O–H groups in total. The molecule has 0 unspecified atom stereocenters. The summed E-state index contributed by atoms with van der Waals surface area (Å²) in [6.07, 6.45) is 3.33. The van der Waals surface area contributed by atoms with Gasteiger partial charge in [-0.1, -0.05) is 11.6 Å². The van der Waals surface area contributed by atoms with Crippen LogP contribution in [-0.2, 0) is 6.54 Å². The monoisotopic (exact) mass is 283 g/mol. The van der Waals surface area contributed by atoms with Gasteiger partial charge in [0.15, 0.2) is 0 Å². The summed E-state index contributed by atoms with van der Waals surface area (Å²) in [6, 6.07) is 3.98. The molecule has 0 spiro atoms. The van der Waals surface area contributed by atoms with Crippen LogP contribution >= 0.6 is 22.9 Å². The minimum atomic E-state index is -0.119. The molecule has 1 amide bonds. The van der Waals surface area contributed by atoms with Gasteiger partial charge in [-0.2, -0.15) is 5.10 Å². The lowest BCUT2D eigenvalue weighted by molar-refractivity contribution is 0.0951. The molecule has 18 heavy (non-hydrogen) atoms. The largest absolute Gasteiger partial charge is 0.347 e. The molecule has 0 aliphatic heterocycles. The van der Waals surface area contributed by atoms with Crippen LogP contribution < -0.4 is 5.32 Å². The summed E-state index contributed by atoms with van der Waals surface area (Å²) >= 11 is 7.29. The maximum Gasteiger partial charge on any atom is 0.254 e. The minimum absolute atomic E-state index is 0.119. The fourth-order valence-electron chi connectivity index (χ4n) is 1.45. The van der Waals surface area contributed by atoms with E-state index in [1.54, 1.807) is 17.1 Å². The maximum atomic E-state index is 11.9. The molecular weight excluding hydrogens is 270 g/mol. The molecule has 0 fully saturated rings. The number of aromatic nitrogens is 2. The van der Waals surface area contributed by atoms with E-state index in [0.29, 0.717) is 12.1 Å². The number of nitrogens with one attached hydrogen (secondary N) is 1. The molecule has 2 heterocycles. The van der Waals surface area contributed by atoms with Crippen molar-refractivity contribution in [2.45, 2.75) is 26.4 Å². The van der Waals surface area contributed by atoms with E-state index in [1.165, 1.54) is 11.3 Å². The molecule has 0 saturated carbocycles. The van der Waals surface area contributed by atoms with Gasteiger partial charge in [-0.3, -0.25) is 9.48 Å². The molecule has 6 heteroatoms. The molecule has 0 atom stereocenters. The van der Waals surface area contributed by atoms with E-state index in [-0.39, 0.29) is 11.9 Å². The number of hydrogen-bond acceptors (Lipinski definition) is 3. The Kier molecular flexibility index (Phi) is 4.04. The Balaban J connectivity index is 1.95. The average molecular weight is 284 g/mol. The first kappa shape index (κ1) is 13.1. The van der Waals surface area contributed by atoms with Crippen molar-refractivity contribution in [2.75, 3.05) is 0 Å². The number of hydrogen-bond donors (Lipinski definition) is 1. The van der Waals surface area contributed by atoms with Crippen LogP contribution in [0.4, 0.5) is 0 Å². The zero-order valence-corrected chi connectivity index (χ0v) is 11.8. The average Bonchev–Trinajstić information content (AvgIpc) is 2.94. The summed E-state index contributed by atoms with van der Waals surface area (Å²) in [7, 11) is 0. The second-order valence-electron chi connectivity index (χ2n) is 4.19. The Hall–Kier alpha value is -1.33. The third-order valence-corrected chi connectivity index (χ3v) is 3.68. The quantitative estimate of drug-likeness (QED) is 0.937. The highest BCUT2D eigenvalue weighted by atomic mass is 35.5. The van der Waals surface area contributed by atoms with Gasteiger partial charge >= 0.3 is 0 Å². The van der Waals surface area contributed by atoms with Gasteiger partial charge in [-0.05, 0) is 26.0 Å². The van der Waals surface area contributed by atoms with Gasteiger partial charge in [0, 0.05) is 17.1 Å². The van der Waals surface area contributed by atoms with E-state index in [9.17, 15) is 4.79 Å². The van der Waals surface area contributed by atoms with E-state index >= 15 is 0 Å². The van der Waals surface area contributed by atoms with E-state index in [1.807, 2.05) is 26.0 Å². The van der Waals surface area contributed by atoms with E-state index in [0.717, 1.165) is 9.21 Å². The second kappa shape index (κ2) is 5.54. The molecule has 0 aliphatic carbocycles. The van der Waals surface area contributed by atoms with Crippen molar-refractivity contribution in [3.8, 4) is 0 Å². The van der Waals surface area contributed by atoms with Crippen molar-refractivity contribution in [1.82, 2.24) is 15.1 Å². The molecule has 2 aromatic heterocycles.